The quantitative estimate of drug-likeness (QED) is 0.872. The second-order valence-electron chi connectivity index (χ2n) is 4.17. The number of fused-ring (bicyclic) bond motifs is 1. The predicted octanol–water partition coefficient (Wildman–Crippen LogP) is 3.56. The third-order valence-corrected chi connectivity index (χ3v) is 3.89. The first kappa shape index (κ1) is 13.4. The maximum atomic E-state index is 10.7. The number of hydrogen-bond donors (Lipinski definition) is 1. The molecule has 0 radical (unpaired) electrons. The van der Waals surface area contributed by atoms with E-state index in [1.807, 2.05) is 18.2 Å². The van der Waals surface area contributed by atoms with Crippen LogP contribution in [0.25, 0.3) is 11.0 Å². The van der Waals surface area contributed by atoms with E-state index in [1.54, 1.807) is 0 Å². The SMILES string of the molecule is CC(C)n1c(SCC(=O)O)nc2ccc(Br)cc21. The molecular formula is C12H13BrN2O2S. The molecule has 1 aromatic carbocycles. The zero-order valence-electron chi connectivity index (χ0n) is 10.1. The number of carboxylic acid groups (broad SMARTS) is 1. The molecular weight excluding hydrogens is 316 g/mol. The van der Waals surface area contributed by atoms with Crippen molar-refractivity contribution in [2.45, 2.75) is 25.0 Å². The molecule has 1 N–H and O–H groups in total. The van der Waals surface area contributed by atoms with Crippen LogP contribution in [0.3, 0.4) is 0 Å². The van der Waals surface area contributed by atoms with Gasteiger partial charge in [0.05, 0.1) is 16.8 Å². The lowest BCUT2D eigenvalue weighted by atomic mass is 10.3. The second-order valence-corrected chi connectivity index (χ2v) is 6.03. The number of aromatic nitrogens is 2. The number of imidazole rings is 1. The number of halogens is 1. The topological polar surface area (TPSA) is 55.1 Å². The van der Waals surface area contributed by atoms with Gasteiger partial charge < -0.3 is 9.67 Å². The van der Waals surface area contributed by atoms with E-state index in [-0.39, 0.29) is 11.8 Å². The van der Waals surface area contributed by atoms with Crippen LogP contribution in [0.1, 0.15) is 19.9 Å². The van der Waals surface area contributed by atoms with Crippen LogP contribution in [0.15, 0.2) is 27.8 Å². The number of nitrogens with zero attached hydrogens (tertiary/aromatic N) is 2. The fourth-order valence-electron chi connectivity index (χ4n) is 1.77. The van der Waals surface area contributed by atoms with Gasteiger partial charge in [-0.15, -0.1) is 0 Å². The Morgan fingerprint density at radius 2 is 2.28 bits per heavy atom. The van der Waals surface area contributed by atoms with Crippen molar-refractivity contribution in [1.29, 1.82) is 0 Å². The summed E-state index contributed by atoms with van der Waals surface area (Å²) in [7, 11) is 0. The highest BCUT2D eigenvalue weighted by Crippen LogP contribution is 2.29. The van der Waals surface area contributed by atoms with Crippen molar-refractivity contribution in [2.75, 3.05) is 5.75 Å². The van der Waals surface area contributed by atoms with Crippen molar-refractivity contribution in [3.8, 4) is 0 Å². The minimum atomic E-state index is -0.830. The summed E-state index contributed by atoms with van der Waals surface area (Å²) < 4.78 is 3.06. The predicted molar refractivity (Wildman–Crippen MR) is 76.2 cm³/mol. The Morgan fingerprint density at radius 3 is 2.89 bits per heavy atom. The van der Waals surface area contributed by atoms with E-state index in [4.69, 9.17) is 5.11 Å². The first-order chi connectivity index (χ1) is 8.49. The van der Waals surface area contributed by atoms with Crippen LogP contribution in [-0.2, 0) is 4.79 Å². The first-order valence-electron chi connectivity index (χ1n) is 5.51. The van der Waals surface area contributed by atoms with E-state index in [0.29, 0.717) is 0 Å². The Morgan fingerprint density at radius 1 is 1.56 bits per heavy atom. The smallest absolute Gasteiger partial charge is 0.313 e. The highest BCUT2D eigenvalue weighted by atomic mass is 79.9. The van der Waals surface area contributed by atoms with Gasteiger partial charge in [0.15, 0.2) is 5.16 Å². The minimum absolute atomic E-state index is 0.0250. The van der Waals surface area contributed by atoms with E-state index < -0.39 is 5.97 Å². The van der Waals surface area contributed by atoms with E-state index in [0.717, 1.165) is 20.7 Å². The third-order valence-electron chi connectivity index (χ3n) is 2.46. The molecule has 0 bridgehead atoms. The summed E-state index contributed by atoms with van der Waals surface area (Å²) in [4.78, 5) is 15.1. The molecule has 1 heterocycles. The number of hydrogen-bond acceptors (Lipinski definition) is 3. The molecule has 4 nitrogen and oxygen atoms in total. The average molecular weight is 329 g/mol. The summed E-state index contributed by atoms with van der Waals surface area (Å²) in [5, 5.41) is 9.51. The summed E-state index contributed by atoms with van der Waals surface area (Å²) in [5.74, 6) is -0.805. The highest BCUT2D eigenvalue weighted by Gasteiger charge is 2.15. The molecule has 2 aromatic rings. The first-order valence-corrected chi connectivity index (χ1v) is 7.29. The number of aliphatic carboxylic acids is 1. The van der Waals surface area contributed by atoms with Crippen LogP contribution >= 0.6 is 27.7 Å². The normalized spacial score (nSPS) is 11.3. The van der Waals surface area contributed by atoms with Gasteiger partial charge in [-0.3, -0.25) is 4.79 Å². The van der Waals surface area contributed by atoms with Crippen molar-refractivity contribution in [3.05, 3.63) is 22.7 Å². The number of carboxylic acids is 1. The number of benzene rings is 1. The fraction of sp³-hybridized carbons (Fsp3) is 0.333. The molecule has 0 aliphatic carbocycles. The van der Waals surface area contributed by atoms with Crippen LogP contribution in [0, 0.1) is 0 Å². The summed E-state index contributed by atoms with van der Waals surface area (Å²) in [6.45, 7) is 4.12. The molecule has 0 spiro atoms. The Hall–Kier alpha value is -1.01. The minimum Gasteiger partial charge on any atom is -0.481 e. The third kappa shape index (κ3) is 2.70. The number of thioether (sulfide) groups is 1. The molecule has 6 heteroatoms. The lowest BCUT2D eigenvalue weighted by Crippen LogP contribution is -2.05. The Labute approximate surface area is 118 Å². The van der Waals surface area contributed by atoms with Gasteiger partial charge in [0.25, 0.3) is 0 Å². The van der Waals surface area contributed by atoms with Gasteiger partial charge >= 0.3 is 5.97 Å². The molecule has 0 amide bonds. The van der Waals surface area contributed by atoms with Gasteiger partial charge in [-0.1, -0.05) is 27.7 Å². The summed E-state index contributed by atoms with van der Waals surface area (Å²) >= 11 is 4.70. The Kier molecular flexibility index (Phi) is 3.97. The molecule has 0 unspecified atom stereocenters. The average Bonchev–Trinajstić information content (AvgIpc) is 2.63. The summed E-state index contributed by atoms with van der Waals surface area (Å²) in [6.07, 6.45) is 0. The van der Waals surface area contributed by atoms with Gasteiger partial charge in [0, 0.05) is 10.5 Å². The molecule has 0 aliphatic heterocycles. The Balaban J connectivity index is 2.51. The molecule has 0 atom stereocenters. The maximum Gasteiger partial charge on any atom is 0.313 e. The van der Waals surface area contributed by atoms with Crippen molar-refractivity contribution >= 4 is 44.7 Å². The molecule has 96 valence electrons. The van der Waals surface area contributed by atoms with E-state index >= 15 is 0 Å². The molecule has 2 rings (SSSR count). The van der Waals surface area contributed by atoms with Gasteiger partial charge in [-0.25, -0.2) is 4.98 Å². The van der Waals surface area contributed by atoms with Gasteiger partial charge in [0.2, 0.25) is 0 Å². The zero-order valence-corrected chi connectivity index (χ0v) is 12.5. The molecule has 0 saturated heterocycles. The van der Waals surface area contributed by atoms with Crippen LogP contribution < -0.4 is 0 Å². The van der Waals surface area contributed by atoms with Crippen LogP contribution in [-0.4, -0.2) is 26.4 Å². The largest absolute Gasteiger partial charge is 0.481 e. The van der Waals surface area contributed by atoms with Gasteiger partial charge in [-0.2, -0.15) is 0 Å². The fourth-order valence-corrected chi connectivity index (χ4v) is 2.98. The molecule has 0 aliphatic rings. The highest BCUT2D eigenvalue weighted by molar-refractivity contribution is 9.10. The number of carbonyl (C=O) groups is 1. The molecule has 0 fully saturated rings. The van der Waals surface area contributed by atoms with Crippen molar-refractivity contribution in [1.82, 2.24) is 9.55 Å². The Bertz CT molecular complexity index is 595. The molecule has 1 aromatic heterocycles. The van der Waals surface area contributed by atoms with Gasteiger partial charge in [0.1, 0.15) is 0 Å². The molecule has 18 heavy (non-hydrogen) atoms. The lowest BCUT2D eigenvalue weighted by Gasteiger charge is -2.12. The van der Waals surface area contributed by atoms with Crippen molar-refractivity contribution in [3.63, 3.8) is 0 Å². The summed E-state index contributed by atoms with van der Waals surface area (Å²) in [6, 6.07) is 6.11. The van der Waals surface area contributed by atoms with E-state index in [2.05, 4.69) is 39.3 Å². The van der Waals surface area contributed by atoms with E-state index in [9.17, 15) is 4.79 Å². The summed E-state index contributed by atoms with van der Waals surface area (Å²) in [5.41, 5.74) is 1.91. The standard InChI is InChI=1S/C12H13BrN2O2S/c1-7(2)15-10-5-8(13)3-4-9(10)14-12(15)18-6-11(16)17/h3-5,7H,6H2,1-2H3,(H,16,17). The van der Waals surface area contributed by atoms with Gasteiger partial charge in [-0.05, 0) is 32.0 Å². The second kappa shape index (κ2) is 5.32. The molecule has 0 saturated carbocycles. The zero-order chi connectivity index (χ0) is 13.3. The maximum absolute atomic E-state index is 10.7. The van der Waals surface area contributed by atoms with E-state index in [1.165, 1.54) is 11.8 Å². The van der Waals surface area contributed by atoms with Crippen LogP contribution in [0.5, 0.6) is 0 Å². The van der Waals surface area contributed by atoms with Crippen LogP contribution in [0.2, 0.25) is 0 Å². The van der Waals surface area contributed by atoms with Crippen molar-refractivity contribution < 1.29 is 9.90 Å². The lowest BCUT2D eigenvalue weighted by molar-refractivity contribution is -0.133. The number of rotatable bonds is 4. The monoisotopic (exact) mass is 328 g/mol. The van der Waals surface area contributed by atoms with Crippen molar-refractivity contribution in [2.24, 2.45) is 0 Å². The van der Waals surface area contributed by atoms with Crippen LogP contribution in [0.4, 0.5) is 0 Å².